The molecule has 20 heavy (non-hydrogen) atoms. The summed E-state index contributed by atoms with van der Waals surface area (Å²) in [5.74, 6) is -0.137. The molecule has 1 saturated heterocycles. The molecule has 0 aromatic heterocycles. The molecule has 0 spiro atoms. The van der Waals surface area contributed by atoms with Gasteiger partial charge in [0.05, 0.1) is 21.3 Å². The first-order valence-corrected chi connectivity index (χ1v) is 10.3. The Morgan fingerprint density at radius 1 is 1.15 bits per heavy atom. The van der Waals surface area contributed by atoms with Crippen LogP contribution in [0.2, 0.25) is 19.1 Å². The van der Waals surface area contributed by atoms with Gasteiger partial charge in [0.15, 0.2) is 0 Å². The third-order valence-electron chi connectivity index (χ3n) is 4.01. The predicted molar refractivity (Wildman–Crippen MR) is 87.4 cm³/mol. The Kier molecular flexibility index (Phi) is 7.16. The molecule has 114 valence electrons. The average Bonchev–Trinajstić information content (AvgIpc) is 2.40. The number of ether oxygens (including phenoxy) is 1. The van der Waals surface area contributed by atoms with Gasteiger partial charge in [-0.2, -0.15) is 0 Å². The van der Waals surface area contributed by atoms with Crippen LogP contribution in [-0.4, -0.2) is 45.8 Å². The van der Waals surface area contributed by atoms with Gasteiger partial charge in [-0.05, 0) is 25.1 Å². The highest BCUT2D eigenvalue weighted by molar-refractivity contribution is 6.89. The first-order chi connectivity index (χ1) is 9.08. The number of nitrogens with zero attached hydrogens (tertiary/aromatic N) is 1. The van der Waals surface area contributed by atoms with Crippen molar-refractivity contribution in [1.82, 2.24) is 4.90 Å². The molecule has 0 saturated carbocycles. The summed E-state index contributed by atoms with van der Waals surface area (Å²) in [4.78, 5) is 2.48. The number of benzene rings is 1. The summed E-state index contributed by atoms with van der Waals surface area (Å²) in [5, 5.41) is 1.36. The summed E-state index contributed by atoms with van der Waals surface area (Å²) in [6.07, 6.45) is 1.23. The van der Waals surface area contributed by atoms with E-state index in [4.69, 9.17) is 4.74 Å². The molecular formula is C15H25ClFNOSi. The lowest BCUT2D eigenvalue weighted by molar-refractivity contribution is 0.0379. The van der Waals surface area contributed by atoms with E-state index in [9.17, 15) is 4.39 Å². The maximum Gasteiger partial charge on any atom is 0.123 e. The highest BCUT2D eigenvalue weighted by atomic mass is 35.5. The van der Waals surface area contributed by atoms with Crippen LogP contribution < -0.4 is 5.19 Å². The second-order valence-corrected chi connectivity index (χ2v) is 10.8. The van der Waals surface area contributed by atoms with Crippen LogP contribution in [0, 0.1) is 5.82 Å². The summed E-state index contributed by atoms with van der Waals surface area (Å²) < 4.78 is 18.3. The fraction of sp³-hybridized carbons (Fsp3) is 0.600. The van der Waals surface area contributed by atoms with E-state index in [1.54, 1.807) is 12.1 Å². The number of morpholine rings is 1. The van der Waals surface area contributed by atoms with Crippen molar-refractivity contribution in [2.24, 2.45) is 0 Å². The molecule has 0 radical (unpaired) electrons. The Morgan fingerprint density at radius 3 is 2.35 bits per heavy atom. The molecule has 0 aliphatic carbocycles. The van der Waals surface area contributed by atoms with Gasteiger partial charge in [-0.15, -0.1) is 12.4 Å². The van der Waals surface area contributed by atoms with Crippen LogP contribution >= 0.6 is 12.4 Å². The second-order valence-electron chi connectivity index (χ2n) is 5.95. The molecule has 5 heteroatoms. The quantitative estimate of drug-likeness (QED) is 0.774. The number of halogens is 2. The van der Waals surface area contributed by atoms with E-state index in [1.165, 1.54) is 24.2 Å². The van der Waals surface area contributed by atoms with E-state index in [0.29, 0.717) is 0 Å². The molecule has 0 atom stereocenters. The van der Waals surface area contributed by atoms with Crippen LogP contribution in [-0.2, 0) is 4.74 Å². The third kappa shape index (κ3) is 5.17. The molecular weight excluding hydrogens is 293 g/mol. The summed E-state index contributed by atoms with van der Waals surface area (Å²) in [7, 11) is -1.41. The van der Waals surface area contributed by atoms with Crippen LogP contribution in [0.25, 0.3) is 0 Å². The Bertz CT molecular complexity index is 393. The fourth-order valence-corrected chi connectivity index (χ4v) is 5.01. The maximum absolute atomic E-state index is 13.0. The SMILES string of the molecule is C[Si](C)(CCCN1CCOCC1)c1ccc(F)cc1.Cl. The molecule has 0 unspecified atom stereocenters. The minimum atomic E-state index is -1.41. The highest BCUT2D eigenvalue weighted by Gasteiger charge is 2.23. The Morgan fingerprint density at radius 2 is 1.75 bits per heavy atom. The summed E-state index contributed by atoms with van der Waals surface area (Å²) in [5.41, 5.74) is 0. The van der Waals surface area contributed by atoms with E-state index >= 15 is 0 Å². The smallest absolute Gasteiger partial charge is 0.123 e. The summed E-state index contributed by atoms with van der Waals surface area (Å²) in [6, 6.07) is 8.38. The lowest BCUT2D eigenvalue weighted by Gasteiger charge is -2.28. The molecule has 0 N–H and O–H groups in total. The van der Waals surface area contributed by atoms with Gasteiger partial charge in [0.2, 0.25) is 0 Å². The van der Waals surface area contributed by atoms with E-state index in [-0.39, 0.29) is 18.2 Å². The second kappa shape index (κ2) is 8.13. The van der Waals surface area contributed by atoms with Gasteiger partial charge in [0, 0.05) is 13.1 Å². The normalized spacial score (nSPS) is 16.8. The average molecular weight is 318 g/mol. The molecule has 2 rings (SSSR count). The van der Waals surface area contributed by atoms with Crippen molar-refractivity contribution in [3.63, 3.8) is 0 Å². The van der Waals surface area contributed by atoms with Crippen LogP contribution in [0.4, 0.5) is 4.39 Å². The van der Waals surface area contributed by atoms with Gasteiger partial charge < -0.3 is 4.74 Å². The van der Waals surface area contributed by atoms with Crippen LogP contribution in [0.3, 0.4) is 0 Å². The Hall–Kier alpha value is -0.423. The van der Waals surface area contributed by atoms with Crippen molar-refractivity contribution in [2.75, 3.05) is 32.8 Å². The molecule has 2 nitrogen and oxygen atoms in total. The Balaban J connectivity index is 0.00000200. The zero-order valence-corrected chi connectivity index (χ0v) is 14.2. The molecule has 1 aromatic rings. The van der Waals surface area contributed by atoms with E-state index in [0.717, 1.165) is 26.3 Å². The lowest BCUT2D eigenvalue weighted by Crippen LogP contribution is -2.42. The zero-order chi connectivity index (χ0) is 13.7. The minimum Gasteiger partial charge on any atom is -0.379 e. The summed E-state index contributed by atoms with van der Waals surface area (Å²) in [6.45, 7) is 9.80. The molecule has 1 aliphatic rings. The number of hydrogen-bond donors (Lipinski definition) is 0. The topological polar surface area (TPSA) is 12.5 Å². The van der Waals surface area contributed by atoms with Gasteiger partial charge in [-0.3, -0.25) is 4.90 Å². The zero-order valence-electron chi connectivity index (χ0n) is 12.4. The van der Waals surface area contributed by atoms with Crippen LogP contribution in [0.15, 0.2) is 24.3 Å². The molecule has 0 amide bonds. The van der Waals surface area contributed by atoms with Crippen molar-refractivity contribution >= 4 is 25.7 Å². The van der Waals surface area contributed by atoms with Gasteiger partial charge >= 0.3 is 0 Å². The van der Waals surface area contributed by atoms with Crippen molar-refractivity contribution in [1.29, 1.82) is 0 Å². The monoisotopic (exact) mass is 317 g/mol. The van der Waals surface area contributed by atoms with Crippen molar-refractivity contribution in [2.45, 2.75) is 25.6 Å². The largest absolute Gasteiger partial charge is 0.379 e. The van der Waals surface area contributed by atoms with Crippen molar-refractivity contribution < 1.29 is 9.13 Å². The van der Waals surface area contributed by atoms with Gasteiger partial charge in [0.25, 0.3) is 0 Å². The Labute approximate surface area is 128 Å². The lowest BCUT2D eigenvalue weighted by atomic mass is 10.3. The van der Waals surface area contributed by atoms with Crippen molar-refractivity contribution in [3.8, 4) is 0 Å². The van der Waals surface area contributed by atoms with Gasteiger partial charge in [0.1, 0.15) is 5.82 Å². The number of rotatable bonds is 5. The van der Waals surface area contributed by atoms with E-state index in [1.807, 2.05) is 12.1 Å². The first kappa shape index (κ1) is 17.6. The molecule has 1 fully saturated rings. The molecule has 0 bridgehead atoms. The van der Waals surface area contributed by atoms with Crippen LogP contribution in [0.1, 0.15) is 6.42 Å². The van der Waals surface area contributed by atoms with E-state index in [2.05, 4.69) is 18.0 Å². The highest BCUT2D eigenvalue weighted by Crippen LogP contribution is 2.14. The fourth-order valence-electron chi connectivity index (χ4n) is 2.61. The van der Waals surface area contributed by atoms with Gasteiger partial charge in [-0.1, -0.05) is 36.5 Å². The maximum atomic E-state index is 13.0. The molecule has 1 aromatic carbocycles. The third-order valence-corrected chi connectivity index (χ3v) is 7.51. The van der Waals surface area contributed by atoms with Crippen molar-refractivity contribution in [3.05, 3.63) is 30.1 Å². The summed E-state index contributed by atoms with van der Waals surface area (Å²) >= 11 is 0. The standard InChI is InChI=1S/C15H24FNOSi.ClH/c1-19(2,15-6-4-14(16)5-7-15)13-3-8-17-9-11-18-12-10-17;/h4-7H,3,8-13H2,1-2H3;1H. The minimum absolute atomic E-state index is 0. The number of hydrogen-bond acceptors (Lipinski definition) is 2. The molecule has 1 heterocycles. The molecule has 1 aliphatic heterocycles. The van der Waals surface area contributed by atoms with E-state index < -0.39 is 8.07 Å². The first-order valence-electron chi connectivity index (χ1n) is 7.14. The predicted octanol–water partition coefficient (Wildman–Crippen LogP) is 2.89. The van der Waals surface area contributed by atoms with Crippen LogP contribution in [0.5, 0.6) is 0 Å². The van der Waals surface area contributed by atoms with Gasteiger partial charge in [-0.25, -0.2) is 4.39 Å².